The Balaban J connectivity index is 1.13. The van der Waals surface area contributed by atoms with Gasteiger partial charge in [-0.15, -0.1) is 0 Å². The van der Waals surface area contributed by atoms with Crippen LogP contribution in [-0.2, 0) is 0 Å². The van der Waals surface area contributed by atoms with E-state index in [1.54, 1.807) is 0 Å². The molecule has 0 radical (unpaired) electrons. The van der Waals surface area contributed by atoms with Crippen molar-refractivity contribution >= 4 is 21.9 Å². The number of hydrogen-bond donors (Lipinski definition) is 0. The van der Waals surface area contributed by atoms with Crippen molar-refractivity contribution in [2.24, 2.45) is 0 Å². The van der Waals surface area contributed by atoms with Crippen LogP contribution in [0.2, 0.25) is 0 Å². The van der Waals surface area contributed by atoms with Crippen LogP contribution < -0.4 is 0 Å². The van der Waals surface area contributed by atoms with Gasteiger partial charge >= 0.3 is 0 Å². The maximum atomic E-state index is 6.17. The van der Waals surface area contributed by atoms with Crippen LogP contribution >= 0.6 is 0 Å². The monoisotopic (exact) mass is 627 g/mol. The Morgan fingerprint density at radius 2 is 0.735 bits per heavy atom. The van der Waals surface area contributed by atoms with Gasteiger partial charge in [-0.1, -0.05) is 158 Å². The third kappa shape index (κ3) is 5.45. The van der Waals surface area contributed by atoms with E-state index < -0.39 is 0 Å². The van der Waals surface area contributed by atoms with E-state index in [0.29, 0.717) is 17.5 Å². The molecule has 9 aromatic rings. The fraction of sp³-hybridized carbons (Fsp3) is 0. The van der Waals surface area contributed by atoms with Gasteiger partial charge in [-0.2, -0.15) is 0 Å². The summed E-state index contributed by atoms with van der Waals surface area (Å²) in [4.78, 5) is 15.2. The molecule has 0 bridgehead atoms. The molecular weight excluding hydrogens is 599 g/mol. The van der Waals surface area contributed by atoms with E-state index in [1.807, 2.05) is 36.4 Å². The molecule has 0 aliphatic carbocycles. The molecule has 230 valence electrons. The van der Waals surface area contributed by atoms with Crippen LogP contribution in [0.5, 0.6) is 0 Å². The molecule has 0 N–H and O–H groups in total. The van der Waals surface area contributed by atoms with Gasteiger partial charge in [0.15, 0.2) is 17.5 Å². The fourth-order valence-electron chi connectivity index (χ4n) is 6.46. The maximum absolute atomic E-state index is 6.17. The number of fused-ring (bicyclic) bond motifs is 3. The van der Waals surface area contributed by atoms with Gasteiger partial charge < -0.3 is 4.42 Å². The largest absolute Gasteiger partial charge is 0.456 e. The Kier molecular flexibility index (Phi) is 7.10. The third-order valence-electron chi connectivity index (χ3n) is 8.99. The highest BCUT2D eigenvalue weighted by Gasteiger charge is 2.16. The first-order valence-electron chi connectivity index (χ1n) is 16.4. The topological polar surface area (TPSA) is 51.8 Å². The summed E-state index contributed by atoms with van der Waals surface area (Å²) in [7, 11) is 0. The zero-order valence-electron chi connectivity index (χ0n) is 26.5. The van der Waals surface area contributed by atoms with E-state index in [4.69, 9.17) is 19.4 Å². The molecule has 2 aromatic heterocycles. The first-order valence-corrected chi connectivity index (χ1v) is 16.4. The average Bonchev–Trinajstić information content (AvgIpc) is 3.56. The molecule has 2 heterocycles. The lowest BCUT2D eigenvalue weighted by Crippen LogP contribution is -2.01. The van der Waals surface area contributed by atoms with E-state index in [9.17, 15) is 0 Å². The van der Waals surface area contributed by atoms with Crippen LogP contribution in [-0.4, -0.2) is 15.0 Å². The van der Waals surface area contributed by atoms with Crippen LogP contribution in [0, 0.1) is 0 Å². The molecule has 0 aliphatic rings. The molecular formula is C45H29N3O. The van der Waals surface area contributed by atoms with Gasteiger partial charge in [-0.25, -0.2) is 15.0 Å². The highest BCUT2D eigenvalue weighted by Crippen LogP contribution is 2.35. The summed E-state index contributed by atoms with van der Waals surface area (Å²) in [5.41, 5.74) is 11.2. The summed E-state index contributed by atoms with van der Waals surface area (Å²) in [6.45, 7) is 0. The zero-order chi connectivity index (χ0) is 32.6. The highest BCUT2D eigenvalue weighted by atomic mass is 16.3. The maximum Gasteiger partial charge on any atom is 0.164 e. The van der Waals surface area contributed by atoms with E-state index in [2.05, 4.69) is 140 Å². The molecule has 4 nitrogen and oxygen atoms in total. The van der Waals surface area contributed by atoms with Gasteiger partial charge in [0.25, 0.3) is 0 Å². The van der Waals surface area contributed by atoms with E-state index in [0.717, 1.165) is 66.4 Å². The number of para-hydroxylation sites is 1. The van der Waals surface area contributed by atoms with Crippen molar-refractivity contribution in [2.75, 3.05) is 0 Å². The highest BCUT2D eigenvalue weighted by molar-refractivity contribution is 6.05. The minimum absolute atomic E-state index is 0.620. The van der Waals surface area contributed by atoms with Crippen molar-refractivity contribution in [3.63, 3.8) is 0 Å². The summed E-state index contributed by atoms with van der Waals surface area (Å²) in [5, 5.41) is 2.25. The molecule has 7 aromatic carbocycles. The fourth-order valence-corrected chi connectivity index (χ4v) is 6.46. The van der Waals surface area contributed by atoms with Crippen LogP contribution in [0.4, 0.5) is 0 Å². The number of benzene rings is 7. The van der Waals surface area contributed by atoms with E-state index >= 15 is 0 Å². The van der Waals surface area contributed by atoms with Crippen LogP contribution in [0.1, 0.15) is 0 Å². The van der Waals surface area contributed by atoms with Crippen molar-refractivity contribution in [1.82, 2.24) is 15.0 Å². The van der Waals surface area contributed by atoms with Crippen molar-refractivity contribution < 1.29 is 4.42 Å². The van der Waals surface area contributed by atoms with Gasteiger partial charge in [0, 0.05) is 27.5 Å². The quantitative estimate of drug-likeness (QED) is 0.184. The predicted octanol–water partition coefficient (Wildman–Crippen LogP) is 11.8. The molecule has 0 amide bonds. The molecule has 0 aliphatic heterocycles. The summed E-state index contributed by atoms with van der Waals surface area (Å²) >= 11 is 0. The Bertz CT molecular complexity index is 2570. The van der Waals surface area contributed by atoms with Crippen LogP contribution in [0.3, 0.4) is 0 Å². The Morgan fingerprint density at radius 1 is 0.286 bits per heavy atom. The predicted molar refractivity (Wildman–Crippen MR) is 200 cm³/mol. The number of aromatic nitrogens is 3. The minimum Gasteiger partial charge on any atom is -0.456 e. The molecule has 0 saturated heterocycles. The second kappa shape index (κ2) is 12.2. The van der Waals surface area contributed by atoms with Crippen molar-refractivity contribution in [1.29, 1.82) is 0 Å². The number of nitrogens with zero attached hydrogens (tertiary/aromatic N) is 3. The Morgan fingerprint density at radius 3 is 1.41 bits per heavy atom. The minimum atomic E-state index is 0.620. The Labute approximate surface area is 284 Å². The first-order chi connectivity index (χ1) is 24.3. The average molecular weight is 628 g/mol. The lowest BCUT2D eigenvalue weighted by atomic mass is 9.99. The number of hydrogen-bond acceptors (Lipinski definition) is 4. The molecule has 4 heteroatoms. The molecule has 0 spiro atoms. The normalized spacial score (nSPS) is 11.3. The first kappa shape index (κ1) is 28.6. The summed E-state index contributed by atoms with van der Waals surface area (Å²) in [6.07, 6.45) is 0. The molecule has 0 unspecified atom stereocenters. The molecule has 0 saturated carbocycles. The summed E-state index contributed by atoms with van der Waals surface area (Å²) in [5.74, 6) is 1.88. The lowest BCUT2D eigenvalue weighted by Gasteiger charge is -2.12. The van der Waals surface area contributed by atoms with Gasteiger partial charge in [0.05, 0.1) is 0 Å². The lowest BCUT2D eigenvalue weighted by molar-refractivity contribution is 0.669. The second-order valence-electron chi connectivity index (χ2n) is 12.0. The van der Waals surface area contributed by atoms with Gasteiger partial charge in [0.2, 0.25) is 0 Å². The van der Waals surface area contributed by atoms with Crippen molar-refractivity contribution in [2.45, 2.75) is 0 Å². The van der Waals surface area contributed by atoms with Gasteiger partial charge in [-0.05, 0) is 51.6 Å². The zero-order valence-corrected chi connectivity index (χ0v) is 26.5. The number of rotatable bonds is 6. The van der Waals surface area contributed by atoms with E-state index in [1.165, 1.54) is 5.56 Å². The standard InChI is InChI=1S/C45H29N3O/c1-3-11-30(12-4-1)31-19-23-34(24-20-31)43-46-44(48-45(47-43)40-17-8-7-15-37(40)33-13-5-2-6-14-33)35-25-21-32(22-26-35)36-27-28-39-38-16-9-10-18-41(38)49-42(39)29-36/h1-29H. The molecule has 0 fully saturated rings. The van der Waals surface area contributed by atoms with E-state index in [-0.39, 0.29) is 0 Å². The van der Waals surface area contributed by atoms with Crippen molar-refractivity contribution in [3.8, 4) is 67.5 Å². The van der Waals surface area contributed by atoms with Gasteiger partial charge in [-0.3, -0.25) is 0 Å². The third-order valence-corrected chi connectivity index (χ3v) is 8.99. The molecule has 49 heavy (non-hydrogen) atoms. The molecule has 0 atom stereocenters. The smallest absolute Gasteiger partial charge is 0.164 e. The van der Waals surface area contributed by atoms with Crippen molar-refractivity contribution in [3.05, 3.63) is 176 Å². The second-order valence-corrected chi connectivity index (χ2v) is 12.0. The SMILES string of the molecule is c1ccc(-c2ccc(-c3nc(-c4ccc(-c5ccc6c(c5)oc5ccccc56)cc4)nc(-c4ccccc4-c4ccccc4)n3)cc2)cc1. The van der Waals surface area contributed by atoms with Gasteiger partial charge in [0.1, 0.15) is 11.2 Å². The summed E-state index contributed by atoms with van der Waals surface area (Å²) in [6, 6.07) is 60.4. The van der Waals surface area contributed by atoms with Crippen LogP contribution in [0.25, 0.3) is 89.5 Å². The summed E-state index contributed by atoms with van der Waals surface area (Å²) < 4.78 is 6.17. The number of furan rings is 1. The van der Waals surface area contributed by atoms with Crippen LogP contribution in [0.15, 0.2) is 180 Å². The molecule has 9 rings (SSSR count). The Hall–Kier alpha value is -6.65.